The van der Waals surface area contributed by atoms with Gasteiger partial charge in [-0.3, -0.25) is 0 Å². The van der Waals surface area contributed by atoms with Gasteiger partial charge in [0.15, 0.2) is 0 Å². The largest absolute Gasteiger partial charge is 0.506 e. The summed E-state index contributed by atoms with van der Waals surface area (Å²) in [6.45, 7) is 5.44. The maximum Gasteiger partial charge on any atom is 0.333 e. The molecular formula is C18H17N3O3. The molecule has 0 aliphatic carbocycles. The van der Waals surface area contributed by atoms with Crippen LogP contribution in [0.15, 0.2) is 54.6 Å². The summed E-state index contributed by atoms with van der Waals surface area (Å²) in [6, 6.07) is 12.6. The third-order valence-electron chi connectivity index (χ3n) is 3.51. The minimum Gasteiger partial charge on any atom is -0.506 e. The molecule has 6 heteroatoms. The maximum atomic E-state index is 11.4. The third kappa shape index (κ3) is 3.27. The minimum atomic E-state index is -0.387. The SMILES string of the molecule is C=C(C)C(=O)OCCc1ccc2nn(-c3ccccc3O)nc2c1. The lowest BCUT2D eigenvalue weighted by molar-refractivity contribution is -0.138. The molecule has 3 rings (SSSR count). The van der Waals surface area contributed by atoms with Crippen molar-refractivity contribution < 1.29 is 14.6 Å². The molecule has 0 aliphatic rings. The van der Waals surface area contributed by atoms with E-state index in [0.29, 0.717) is 23.2 Å². The predicted octanol–water partition coefficient (Wildman–Crippen LogP) is 2.79. The van der Waals surface area contributed by atoms with Crippen molar-refractivity contribution in [2.45, 2.75) is 13.3 Å². The van der Waals surface area contributed by atoms with Crippen LogP contribution in [0.1, 0.15) is 12.5 Å². The Morgan fingerprint density at radius 1 is 1.21 bits per heavy atom. The highest BCUT2D eigenvalue weighted by molar-refractivity contribution is 5.86. The maximum absolute atomic E-state index is 11.4. The highest BCUT2D eigenvalue weighted by Gasteiger charge is 2.09. The second-order valence-corrected chi connectivity index (χ2v) is 5.47. The number of aromatic hydroxyl groups is 1. The highest BCUT2D eigenvalue weighted by atomic mass is 16.5. The van der Waals surface area contributed by atoms with Crippen LogP contribution in [0.4, 0.5) is 0 Å². The average Bonchev–Trinajstić information content (AvgIpc) is 2.98. The van der Waals surface area contributed by atoms with Crippen molar-refractivity contribution in [1.82, 2.24) is 15.0 Å². The lowest BCUT2D eigenvalue weighted by Gasteiger charge is -2.04. The summed E-state index contributed by atoms with van der Waals surface area (Å²) in [5.74, 6) is -0.272. The summed E-state index contributed by atoms with van der Waals surface area (Å²) >= 11 is 0. The molecule has 0 spiro atoms. The quantitative estimate of drug-likeness (QED) is 0.577. The van der Waals surface area contributed by atoms with E-state index in [2.05, 4.69) is 16.8 Å². The third-order valence-corrected chi connectivity index (χ3v) is 3.51. The standard InChI is InChI=1S/C18H17N3O3/c1-12(2)18(23)24-10-9-13-7-8-14-15(11-13)20-21(19-14)16-5-3-4-6-17(16)22/h3-8,11,22H,1,9-10H2,2H3. The van der Waals surface area contributed by atoms with E-state index in [0.717, 1.165) is 11.1 Å². The first-order valence-electron chi connectivity index (χ1n) is 7.51. The molecule has 0 atom stereocenters. The van der Waals surface area contributed by atoms with E-state index >= 15 is 0 Å². The number of carbonyl (C=O) groups is 1. The molecule has 0 saturated heterocycles. The summed E-state index contributed by atoms with van der Waals surface area (Å²) in [6.07, 6.45) is 0.582. The fraction of sp³-hybridized carbons (Fsp3) is 0.167. The molecule has 2 aromatic carbocycles. The fourth-order valence-corrected chi connectivity index (χ4v) is 2.24. The Morgan fingerprint density at radius 2 is 1.96 bits per heavy atom. The van der Waals surface area contributed by atoms with Gasteiger partial charge in [0.05, 0.1) is 6.61 Å². The highest BCUT2D eigenvalue weighted by Crippen LogP contribution is 2.21. The van der Waals surface area contributed by atoms with Crippen molar-refractivity contribution in [3.05, 3.63) is 60.2 Å². The van der Waals surface area contributed by atoms with Crippen LogP contribution in [0, 0.1) is 0 Å². The zero-order valence-corrected chi connectivity index (χ0v) is 13.3. The molecule has 0 unspecified atom stereocenters. The number of phenols is 1. The molecule has 6 nitrogen and oxygen atoms in total. The van der Waals surface area contributed by atoms with Crippen molar-refractivity contribution in [1.29, 1.82) is 0 Å². The number of rotatable bonds is 5. The van der Waals surface area contributed by atoms with Crippen molar-refractivity contribution in [2.75, 3.05) is 6.61 Å². The number of phenolic OH excluding ortho intramolecular Hbond substituents is 1. The van der Waals surface area contributed by atoms with Crippen LogP contribution in [0.25, 0.3) is 16.7 Å². The molecule has 0 aliphatic heterocycles. The van der Waals surface area contributed by atoms with Gasteiger partial charge in [-0.15, -0.1) is 15.0 Å². The van der Waals surface area contributed by atoms with Crippen LogP contribution in [0.5, 0.6) is 5.75 Å². The van der Waals surface area contributed by atoms with Gasteiger partial charge >= 0.3 is 5.97 Å². The summed E-state index contributed by atoms with van der Waals surface area (Å²) in [7, 11) is 0. The van der Waals surface area contributed by atoms with E-state index in [-0.39, 0.29) is 18.3 Å². The second-order valence-electron chi connectivity index (χ2n) is 5.47. The van der Waals surface area contributed by atoms with Crippen LogP contribution in [0.2, 0.25) is 0 Å². The number of carbonyl (C=O) groups excluding carboxylic acids is 1. The van der Waals surface area contributed by atoms with Crippen LogP contribution >= 0.6 is 0 Å². The molecule has 0 saturated carbocycles. The zero-order chi connectivity index (χ0) is 17.1. The second kappa shape index (κ2) is 6.54. The van der Waals surface area contributed by atoms with Crippen molar-refractivity contribution in [3.63, 3.8) is 0 Å². The Morgan fingerprint density at radius 3 is 2.71 bits per heavy atom. The predicted molar refractivity (Wildman–Crippen MR) is 90.0 cm³/mol. The van der Waals surface area contributed by atoms with E-state index in [1.54, 1.807) is 25.1 Å². The number of hydrogen-bond acceptors (Lipinski definition) is 5. The van der Waals surface area contributed by atoms with E-state index < -0.39 is 0 Å². The number of hydrogen-bond donors (Lipinski definition) is 1. The summed E-state index contributed by atoms with van der Waals surface area (Å²) in [5.41, 5.74) is 3.32. The lowest BCUT2D eigenvalue weighted by Crippen LogP contribution is -2.07. The first-order chi connectivity index (χ1) is 11.5. The van der Waals surface area contributed by atoms with Gasteiger partial charge in [0.2, 0.25) is 0 Å². The molecule has 0 radical (unpaired) electrons. The smallest absolute Gasteiger partial charge is 0.333 e. The molecule has 1 aromatic heterocycles. The number of para-hydroxylation sites is 2. The Labute approximate surface area is 139 Å². The molecule has 0 fully saturated rings. The molecule has 3 aromatic rings. The number of benzene rings is 2. The Bertz CT molecular complexity index is 915. The summed E-state index contributed by atoms with van der Waals surface area (Å²) in [5, 5.41) is 18.7. The molecule has 0 amide bonds. The summed E-state index contributed by atoms with van der Waals surface area (Å²) in [4.78, 5) is 12.8. The van der Waals surface area contributed by atoms with Gasteiger partial charge in [-0.05, 0) is 36.8 Å². The van der Waals surface area contributed by atoms with E-state index in [1.165, 1.54) is 4.80 Å². The van der Waals surface area contributed by atoms with E-state index in [9.17, 15) is 9.90 Å². The van der Waals surface area contributed by atoms with Crippen molar-refractivity contribution in [3.8, 4) is 11.4 Å². The molecule has 24 heavy (non-hydrogen) atoms. The van der Waals surface area contributed by atoms with Crippen molar-refractivity contribution >= 4 is 17.0 Å². The number of aromatic nitrogens is 3. The lowest BCUT2D eigenvalue weighted by atomic mass is 10.1. The zero-order valence-electron chi connectivity index (χ0n) is 13.3. The van der Waals surface area contributed by atoms with Crippen LogP contribution in [-0.2, 0) is 16.0 Å². The Kier molecular flexibility index (Phi) is 4.29. The van der Waals surface area contributed by atoms with Gasteiger partial charge in [-0.1, -0.05) is 24.8 Å². The van der Waals surface area contributed by atoms with Crippen molar-refractivity contribution in [2.24, 2.45) is 0 Å². The van der Waals surface area contributed by atoms with E-state index in [4.69, 9.17) is 4.74 Å². The van der Waals surface area contributed by atoms with Gasteiger partial charge in [0.1, 0.15) is 22.5 Å². The Balaban J connectivity index is 1.78. The van der Waals surface area contributed by atoms with Crippen LogP contribution in [0.3, 0.4) is 0 Å². The number of ether oxygens (including phenoxy) is 1. The van der Waals surface area contributed by atoms with Gasteiger partial charge in [0, 0.05) is 12.0 Å². The summed E-state index contributed by atoms with van der Waals surface area (Å²) < 4.78 is 5.10. The fourth-order valence-electron chi connectivity index (χ4n) is 2.24. The monoisotopic (exact) mass is 323 g/mol. The average molecular weight is 323 g/mol. The molecular weight excluding hydrogens is 306 g/mol. The van der Waals surface area contributed by atoms with Gasteiger partial charge in [-0.25, -0.2) is 4.79 Å². The molecule has 1 N–H and O–H groups in total. The Hall–Kier alpha value is -3.15. The normalized spacial score (nSPS) is 10.7. The number of nitrogens with zero attached hydrogens (tertiary/aromatic N) is 3. The number of esters is 1. The molecule has 122 valence electrons. The van der Waals surface area contributed by atoms with Crippen LogP contribution < -0.4 is 0 Å². The topological polar surface area (TPSA) is 77.2 Å². The van der Waals surface area contributed by atoms with E-state index in [1.807, 2.05) is 24.3 Å². The van der Waals surface area contributed by atoms with Gasteiger partial charge in [0.25, 0.3) is 0 Å². The number of fused-ring (bicyclic) bond motifs is 1. The van der Waals surface area contributed by atoms with Gasteiger partial charge < -0.3 is 9.84 Å². The van der Waals surface area contributed by atoms with Gasteiger partial charge in [-0.2, -0.15) is 0 Å². The molecule has 0 bridgehead atoms. The minimum absolute atomic E-state index is 0.115. The van der Waals surface area contributed by atoms with Crippen LogP contribution in [-0.4, -0.2) is 32.7 Å². The molecule has 1 heterocycles. The first kappa shape index (κ1) is 15.7. The first-order valence-corrected chi connectivity index (χ1v) is 7.51.